The Morgan fingerprint density at radius 2 is 1.84 bits per heavy atom. The monoisotopic (exact) mass is 272 g/mol. The highest BCUT2D eigenvalue weighted by molar-refractivity contribution is 5.84. The van der Waals surface area contributed by atoms with Gasteiger partial charge in [-0.05, 0) is 32.0 Å². The van der Waals surface area contributed by atoms with Crippen LogP contribution in [0, 0.1) is 0 Å². The summed E-state index contributed by atoms with van der Waals surface area (Å²) in [6.45, 7) is 2.86. The van der Waals surface area contributed by atoms with Crippen LogP contribution >= 0.6 is 0 Å². The molecule has 3 nitrogen and oxygen atoms in total. The van der Waals surface area contributed by atoms with Crippen LogP contribution in [0.5, 0.6) is 0 Å². The SMILES string of the molecule is CC(C)(C(=O)O)c1cc2ccc(C(F)(F)F)cc2o1. The number of carboxylic acids is 1. The van der Waals surface area contributed by atoms with Gasteiger partial charge in [-0.3, -0.25) is 4.79 Å². The number of benzene rings is 1. The van der Waals surface area contributed by atoms with Crippen molar-refractivity contribution >= 4 is 16.9 Å². The van der Waals surface area contributed by atoms with Crippen LogP contribution in [0.15, 0.2) is 28.7 Å². The van der Waals surface area contributed by atoms with Crippen molar-refractivity contribution in [2.24, 2.45) is 0 Å². The summed E-state index contributed by atoms with van der Waals surface area (Å²) in [6.07, 6.45) is -4.45. The zero-order valence-electron chi connectivity index (χ0n) is 10.2. The molecule has 102 valence electrons. The van der Waals surface area contributed by atoms with E-state index in [-0.39, 0.29) is 11.3 Å². The van der Waals surface area contributed by atoms with Crippen LogP contribution < -0.4 is 0 Å². The Morgan fingerprint density at radius 3 is 2.37 bits per heavy atom. The summed E-state index contributed by atoms with van der Waals surface area (Å²) < 4.78 is 42.9. The molecule has 0 atom stereocenters. The van der Waals surface area contributed by atoms with E-state index in [9.17, 15) is 18.0 Å². The van der Waals surface area contributed by atoms with Gasteiger partial charge in [-0.25, -0.2) is 0 Å². The fourth-order valence-corrected chi connectivity index (χ4v) is 1.62. The molecular formula is C13H11F3O3. The average Bonchev–Trinajstić information content (AvgIpc) is 2.70. The van der Waals surface area contributed by atoms with Gasteiger partial charge in [0.15, 0.2) is 0 Å². The third-order valence-corrected chi connectivity index (χ3v) is 3.00. The first-order chi connectivity index (χ1) is 8.62. The van der Waals surface area contributed by atoms with Crippen molar-refractivity contribution in [3.05, 3.63) is 35.6 Å². The Labute approximate surface area is 106 Å². The molecule has 0 bridgehead atoms. The lowest BCUT2D eigenvalue weighted by Gasteiger charge is -2.15. The summed E-state index contributed by atoms with van der Waals surface area (Å²) in [5.41, 5.74) is -2.09. The standard InChI is InChI=1S/C13H11F3O3/c1-12(2,11(17)18)10-5-7-3-4-8(13(14,15)16)6-9(7)19-10/h3-6H,1-2H3,(H,17,18). The molecule has 0 aliphatic rings. The fraction of sp³-hybridized carbons (Fsp3) is 0.308. The molecule has 6 heteroatoms. The van der Waals surface area contributed by atoms with Gasteiger partial charge in [-0.15, -0.1) is 0 Å². The van der Waals surface area contributed by atoms with Crippen LogP contribution in [0.2, 0.25) is 0 Å². The summed E-state index contributed by atoms with van der Waals surface area (Å²) in [4.78, 5) is 11.1. The minimum absolute atomic E-state index is 0.0270. The van der Waals surface area contributed by atoms with Crippen LogP contribution in [0.25, 0.3) is 11.0 Å². The number of rotatable bonds is 2. The van der Waals surface area contributed by atoms with Gasteiger partial charge in [0, 0.05) is 5.39 Å². The highest BCUT2D eigenvalue weighted by atomic mass is 19.4. The van der Waals surface area contributed by atoms with Crippen LogP contribution in [-0.2, 0) is 16.4 Å². The molecule has 0 amide bonds. The van der Waals surface area contributed by atoms with Gasteiger partial charge in [0.1, 0.15) is 16.8 Å². The van der Waals surface area contributed by atoms with E-state index in [4.69, 9.17) is 9.52 Å². The first kappa shape index (κ1) is 13.5. The van der Waals surface area contributed by atoms with E-state index in [1.165, 1.54) is 26.0 Å². The number of halogens is 3. The maximum atomic E-state index is 12.5. The minimum atomic E-state index is -4.45. The van der Waals surface area contributed by atoms with E-state index in [0.717, 1.165) is 12.1 Å². The molecule has 2 aromatic rings. The first-order valence-corrected chi connectivity index (χ1v) is 5.47. The van der Waals surface area contributed by atoms with Crippen molar-refractivity contribution in [2.45, 2.75) is 25.4 Å². The van der Waals surface area contributed by atoms with Crippen molar-refractivity contribution in [1.29, 1.82) is 0 Å². The van der Waals surface area contributed by atoms with E-state index < -0.39 is 23.1 Å². The van der Waals surface area contributed by atoms with E-state index in [0.29, 0.717) is 5.39 Å². The number of hydrogen-bond acceptors (Lipinski definition) is 2. The molecule has 0 saturated carbocycles. The maximum Gasteiger partial charge on any atom is 0.416 e. The van der Waals surface area contributed by atoms with E-state index in [1.54, 1.807) is 0 Å². The fourth-order valence-electron chi connectivity index (χ4n) is 1.62. The quantitative estimate of drug-likeness (QED) is 0.904. The van der Waals surface area contributed by atoms with Crippen LogP contribution in [0.3, 0.4) is 0 Å². The van der Waals surface area contributed by atoms with Gasteiger partial charge < -0.3 is 9.52 Å². The number of furan rings is 1. The second kappa shape index (κ2) is 4.01. The van der Waals surface area contributed by atoms with Crippen LogP contribution in [-0.4, -0.2) is 11.1 Å². The van der Waals surface area contributed by atoms with Gasteiger partial charge in [0.25, 0.3) is 0 Å². The summed E-state index contributed by atoms with van der Waals surface area (Å²) >= 11 is 0. The number of carbonyl (C=O) groups is 1. The lowest BCUT2D eigenvalue weighted by atomic mass is 9.90. The third kappa shape index (κ3) is 2.30. The molecule has 19 heavy (non-hydrogen) atoms. The Balaban J connectivity index is 2.56. The minimum Gasteiger partial charge on any atom is -0.481 e. The predicted octanol–water partition coefficient (Wildman–Crippen LogP) is 3.81. The van der Waals surface area contributed by atoms with E-state index in [1.807, 2.05) is 0 Å². The molecule has 1 aromatic heterocycles. The zero-order chi connectivity index (χ0) is 14.4. The molecule has 1 aromatic carbocycles. The molecule has 0 spiro atoms. The molecule has 0 aliphatic carbocycles. The normalized spacial score (nSPS) is 12.9. The number of fused-ring (bicyclic) bond motifs is 1. The Hall–Kier alpha value is -1.98. The number of aliphatic carboxylic acids is 1. The maximum absolute atomic E-state index is 12.5. The molecule has 1 heterocycles. The Kier molecular flexibility index (Phi) is 2.84. The van der Waals surface area contributed by atoms with Crippen molar-refractivity contribution in [1.82, 2.24) is 0 Å². The second-order valence-electron chi connectivity index (χ2n) is 4.79. The van der Waals surface area contributed by atoms with Crippen molar-refractivity contribution in [2.75, 3.05) is 0 Å². The first-order valence-electron chi connectivity index (χ1n) is 5.47. The molecular weight excluding hydrogens is 261 g/mol. The Bertz CT molecular complexity index is 638. The molecule has 0 unspecified atom stereocenters. The predicted molar refractivity (Wildman–Crippen MR) is 61.9 cm³/mol. The average molecular weight is 272 g/mol. The smallest absolute Gasteiger partial charge is 0.416 e. The van der Waals surface area contributed by atoms with E-state index in [2.05, 4.69) is 0 Å². The van der Waals surface area contributed by atoms with E-state index >= 15 is 0 Å². The highest BCUT2D eigenvalue weighted by Crippen LogP contribution is 2.34. The summed E-state index contributed by atoms with van der Waals surface area (Å²) in [5, 5.41) is 9.51. The lowest BCUT2D eigenvalue weighted by Crippen LogP contribution is -2.27. The van der Waals surface area contributed by atoms with Gasteiger partial charge in [-0.2, -0.15) is 13.2 Å². The highest BCUT2D eigenvalue weighted by Gasteiger charge is 2.34. The molecule has 1 N–H and O–H groups in total. The van der Waals surface area contributed by atoms with Gasteiger partial charge in [0.05, 0.1) is 5.56 Å². The lowest BCUT2D eigenvalue weighted by molar-refractivity contribution is -0.143. The largest absolute Gasteiger partial charge is 0.481 e. The van der Waals surface area contributed by atoms with Gasteiger partial charge >= 0.3 is 12.1 Å². The molecule has 0 radical (unpaired) electrons. The summed E-state index contributed by atoms with van der Waals surface area (Å²) in [5.74, 6) is -0.989. The summed E-state index contributed by atoms with van der Waals surface area (Å²) in [6, 6.07) is 4.53. The number of hydrogen-bond donors (Lipinski definition) is 1. The van der Waals surface area contributed by atoms with Gasteiger partial charge in [0.2, 0.25) is 0 Å². The van der Waals surface area contributed by atoms with Crippen molar-refractivity contribution in [3.8, 4) is 0 Å². The van der Waals surface area contributed by atoms with Crippen molar-refractivity contribution < 1.29 is 27.5 Å². The van der Waals surface area contributed by atoms with Crippen molar-refractivity contribution in [3.63, 3.8) is 0 Å². The topological polar surface area (TPSA) is 50.4 Å². The number of carboxylic acid groups (broad SMARTS) is 1. The molecule has 0 aliphatic heterocycles. The summed E-state index contributed by atoms with van der Waals surface area (Å²) in [7, 11) is 0. The Morgan fingerprint density at radius 1 is 1.21 bits per heavy atom. The third-order valence-electron chi connectivity index (χ3n) is 3.00. The molecule has 2 rings (SSSR count). The second-order valence-corrected chi connectivity index (χ2v) is 4.79. The molecule has 0 fully saturated rings. The van der Waals surface area contributed by atoms with Crippen LogP contribution in [0.1, 0.15) is 25.2 Å². The van der Waals surface area contributed by atoms with Gasteiger partial charge in [-0.1, -0.05) is 6.07 Å². The zero-order valence-corrected chi connectivity index (χ0v) is 10.2. The van der Waals surface area contributed by atoms with Crippen LogP contribution in [0.4, 0.5) is 13.2 Å². The molecule has 0 saturated heterocycles. The number of alkyl halides is 3.